The number of aromatic nitrogens is 1. The Morgan fingerprint density at radius 3 is 2.79 bits per heavy atom. The largest absolute Gasteiger partial charge is 0.334 e. The van der Waals surface area contributed by atoms with E-state index in [9.17, 15) is 4.79 Å². The number of halogens is 2. The summed E-state index contributed by atoms with van der Waals surface area (Å²) in [6, 6.07) is 9.65. The van der Waals surface area contributed by atoms with Crippen molar-refractivity contribution in [1.82, 2.24) is 9.88 Å². The Kier molecular flexibility index (Phi) is 5.37. The van der Waals surface area contributed by atoms with Gasteiger partial charge in [0.15, 0.2) is 0 Å². The van der Waals surface area contributed by atoms with Crippen LogP contribution in [0.1, 0.15) is 22.4 Å². The fraction of sp³-hybridized carbons (Fsp3) is 0.318. The van der Waals surface area contributed by atoms with Crippen molar-refractivity contribution >= 4 is 45.7 Å². The fourth-order valence-electron chi connectivity index (χ4n) is 4.03. The van der Waals surface area contributed by atoms with Crippen molar-refractivity contribution in [2.75, 3.05) is 18.4 Å². The summed E-state index contributed by atoms with van der Waals surface area (Å²) < 4.78 is 2.07. The van der Waals surface area contributed by atoms with Crippen molar-refractivity contribution in [1.29, 1.82) is 0 Å². The molecule has 4 rings (SSSR count). The quantitative estimate of drug-likeness (QED) is 0.639. The van der Waals surface area contributed by atoms with Gasteiger partial charge in [-0.2, -0.15) is 0 Å². The van der Waals surface area contributed by atoms with Crippen LogP contribution < -0.4 is 10.6 Å². The smallest absolute Gasteiger partial charge is 0.244 e. The van der Waals surface area contributed by atoms with Crippen molar-refractivity contribution < 1.29 is 4.79 Å². The van der Waals surface area contributed by atoms with Crippen LogP contribution in [0.4, 0.5) is 5.69 Å². The molecule has 0 fully saturated rings. The van der Waals surface area contributed by atoms with Crippen LogP contribution in [0.3, 0.4) is 0 Å². The zero-order chi connectivity index (χ0) is 19.8. The number of nitrogens with one attached hydrogen (secondary N) is 2. The third kappa shape index (κ3) is 3.52. The first-order chi connectivity index (χ1) is 13.5. The van der Waals surface area contributed by atoms with Crippen LogP contribution in [-0.2, 0) is 24.2 Å². The molecule has 0 saturated heterocycles. The number of nitrogens with zero attached hydrogens (tertiary/aromatic N) is 1. The predicted molar refractivity (Wildman–Crippen MR) is 117 cm³/mol. The van der Waals surface area contributed by atoms with Gasteiger partial charge in [-0.25, -0.2) is 0 Å². The van der Waals surface area contributed by atoms with E-state index in [4.69, 9.17) is 23.2 Å². The molecule has 0 unspecified atom stereocenters. The minimum absolute atomic E-state index is 0.0587. The van der Waals surface area contributed by atoms with E-state index in [1.807, 2.05) is 38.1 Å². The van der Waals surface area contributed by atoms with E-state index in [-0.39, 0.29) is 12.5 Å². The van der Waals surface area contributed by atoms with Crippen LogP contribution in [-0.4, -0.2) is 23.6 Å². The average Bonchev–Trinajstić information content (AvgIpc) is 2.80. The van der Waals surface area contributed by atoms with Gasteiger partial charge in [0.25, 0.3) is 0 Å². The van der Waals surface area contributed by atoms with Gasteiger partial charge < -0.3 is 15.2 Å². The Bertz CT molecular complexity index is 1070. The van der Waals surface area contributed by atoms with Gasteiger partial charge in [0.2, 0.25) is 5.91 Å². The molecular formula is C22H23Cl2N3O. The lowest BCUT2D eigenvalue weighted by atomic mass is 10.1. The van der Waals surface area contributed by atoms with Gasteiger partial charge in [0, 0.05) is 34.8 Å². The van der Waals surface area contributed by atoms with Crippen molar-refractivity contribution in [3.63, 3.8) is 0 Å². The highest BCUT2D eigenvalue weighted by Gasteiger charge is 2.22. The third-order valence-corrected chi connectivity index (χ3v) is 6.07. The number of carbonyl (C=O) groups excluding carboxylic acids is 1. The summed E-state index contributed by atoms with van der Waals surface area (Å²) in [5, 5.41) is 8.75. The Balaban J connectivity index is 1.74. The third-order valence-electron chi connectivity index (χ3n) is 5.57. The summed E-state index contributed by atoms with van der Waals surface area (Å²) in [5.41, 5.74) is 6.39. The van der Waals surface area contributed by atoms with Gasteiger partial charge in [-0.3, -0.25) is 4.79 Å². The second-order valence-corrected chi connectivity index (χ2v) is 8.18. The molecule has 3 aromatic rings. The number of anilines is 1. The van der Waals surface area contributed by atoms with Gasteiger partial charge in [0.05, 0.1) is 10.5 Å². The molecule has 0 saturated carbocycles. The molecule has 2 N–H and O–H groups in total. The molecule has 146 valence electrons. The standard InChI is InChI=1S/C22H23Cl2N3O/c1-13-4-3-5-19(14(13)2)26-21(28)12-27-20-7-9-25-8-6-16(20)17-10-15(23)11-18(24)22(17)27/h3-5,10-11,25H,6-9,12H2,1-2H3,(H,26,28). The number of carbonyl (C=O) groups is 1. The number of rotatable bonds is 3. The number of amides is 1. The lowest BCUT2D eigenvalue weighted by Gasteiger charge is -2.14. The maximum absolute atomic E-state index is 12.9. The van der Waals surface area contributed by atoms with E-state index >= 15 is 0 Å². The predicted octanol–water partition coefficient (Wildman–Crippen LogP) is 4.89. The van der Waals surface area contributed by atoms with Crippen molar-refractivity contribution in [2.24, 2.45) is 0 Å². The van der Waals surface area contributed by atoms with Gasteiger partial charge >= 0.3 is 0 Å². The lowest BCUT2D eigenvalue weighted by Crippen LogP contribution is -2.22. The summed E-state index contributed by atoms with van der Waals surface area (Å²) >= 11 is 12.8. The van der Waals surface area contributed by atoms with Gasteiger partial charge in [-0.05, 0) is 61.7 Å². The Morgan fingerprint density at radius 2 is 1.96 bits per heavy atom. The highest BCUT2D eigenvalue weighted by molar-refractivity contribution is 6.38. The maximum Gasteiger partial charge on any atom is 0.244 e. The van der Waals surface area contributed by atoms with E-state index < -0.39 is 0 Å². The number of fused-ring (bicyclic) bond motifs is 3. The molecule has 0 aliphatic carbocycles. The van der Waals surface area contributed by atoms with E-state index in [2.05, 4.69) is 15.2 Å². The van der Waals surface area contributed by atoms with Gasteiger partial charge in [0.1, 0.15) is 6.54 Å². The maximum atomic E-state index is 12.9. The second-order valence-electron chi connectivity index (χ2n) is 7.34. The molecule has 6 heteroatoms. The highest BCUT2D eigenvalue weighted by atomic mass is 35.5. The first kappa shape index (κ1) is 19.3. The van der Waals surface area contributed by atoms with Crippen LogP contribution in [0.15, 0.2) is 30.3 Å². The number of hydrogen-bond acceptors (Lipinski definition) is 2. The molecule has 1 aliphatic rings. The summed E-state index contributed by atoms with van der Waals surface area (Å²) in [4.78, 5) is 12.9. The molecule has 28 heavy (non-hydrogen) atoms. The zero-order valence-electron chi connectivity index (χ0n) is 16.0. The zero-order valence-corrected chi connectivity index (χ0v) is 17.5. The Hall–Kier alpha value is -2.01. The van der Waals surface area contributed by atoms with Gasteiger partial charge in [-0.1, -0.05) is 35.3 Å². The summed E-state index contributed by atoms with van der Waals surface area (Å²) in [6.07, 6.45) is 1.75. The second kappa shape index (κ2) is 7.78. The fourth-order valence-corrected chi connectivity index (χ4v) is 4.62. The Morgan fingerprint density at radius 1 is 1.18 bits per heavy atom. The number of hydrogen-bond donors (Lipinski definition) is 2. The molecule has 0 bridgehead atoms. The van der Waals surface area contributed by atoms with E-state index in [0.717, 1.165) is 53.6 Å². The van der Waals surface area contributed by atoms with Crippen LogP contribution in [0.2, 0.25) is 10.0 Å². The van der Waals surface area contributed by atoms with Gasteiger partial charge in [-0.15, -0.1) is 0 Å². The summed E-state index contributed by atoms with van der Waals surface area (Å²) in [6.45, 7) is 6.08. The van der Waals surface area contributed by atoms with Crippen LogP contribution in [0.25, 0.3) is 10.9 Å². The molecule has 0 radical (unpaired) electrons. The van der Waals surface area contributed by atoms with Crippen molar-refractivity contribution in [3.05, 3.63) is 62.8 Å². The average molecular weight is 416 g/mol. The van der Waals surface area contributed by atoms with Crippen LogP contribution in [0, 0.1) is 13.8 Å². The molecular weight excluding hydrogens is 393 g/mol. The van der Waals surface area contributed by atoms with Crippen LogP contribution >= 0.6 is 23.2 Å². The topological polar surface area (TPSA) is 46.1 Å². The SMILES string of the molecule is Cc1cccc(NC(=O)Cn2c3c(c4cc(Cl)cc(Cl)c42)CCNCC3)c1C. The Labute approximate surface area is 174 Å². The summed E-state index contributed by atoms with van der Waals surface area (Å²) in [7, 11) is 0. The minimum Gasteiger partial charge on any atom is -0.334 e. The number of aryl methyl sites for hydroxylation is 1. The number of benzene rings is 2. The van der Waals surface area contributed by atoms with Crippen LogP contribution in [0.5, 0.6) is 0 Å². The van der Waals surface area contributed by atoms with E-state index in [0.29, 0.717) is 10.0 Å². The first-order valence-electron chi connectivity index (χ1n) is 9.51. The van der Waals surface area contributed by atoms with Crippen molar-refractivity contribution in [3.8, 4) is 0 Å². The molecule has 1 amide bonds. The first-order valence-corrected chi connectivity index (χ1v) is 10.3. The van der Waals surface area contributed by atoms with E-state index in [1.165, 1.54) is 11.3 Å². The molecule has 1 aromatic heterocycles. The monoisotopic (exact) mass is 415 g/mol. The lowest BCUT2D eigenvalue weighted by molar-refractivity contribution is -0.116. The molecule has 1 aliphatic heterocycles. The van der Waals surface area contributed by atoms with E-state index in [1.54, 1.807) is 6.07 Å². The normalized spacial score (nSPS) is 14.0. The molecule has 4 nitrogen and oxygen atoms in total. The van der Waals surface area contributed by atoms with Crippen molar-refractivity contribution in [2.45, 2.75) is 33.2 Å². The highest BCUT2D eigenvalue weighted by Crippen LogP contribution is 2.35. The molecule has 2 heterocycles. The molecule has 0 spiro atoms. The summed E-state index contributed by atoms with van der Waals surface area (Å²) in [5.74, 6) is -0.0587. The minimum atomic E-state index is -0.0587. The molecule has 0 atom stereocenters. The molecule has 2 aromatic carbocycles.